The number of aromatic nitrogens is 2. The fourth-order valence-corrected chi connectivity index (χ4v) is 6.34. The fourth-order valence-electron chi connectivity index (χ4n) is 5.07. The van der Waals surface area contributed by atoms with E-state index in [1.807, 2.05) is 49.0 Å². The summed E-state index contributed by atoms with van der Waals surface area (Å²) in [5.41, 5.74) is 3.66. The molecule has 216 valence electrons. The van der Waals surface area contributed by atoms with Crippen LogP contribution in [0, 0.1) is 18.8 Å². The molecule has 0 unspecified atom stereocenters. The maximum absolute atomic E-state index is 13.5. The van der Waals surface area contributed by atoms with Gasteiger partial charge in [0.25, 0.3) is 0 Å². The van der Waals surface area contributed by atoms with Gasteiger partial charge in [0.05, 0.1) is 22.5 Å². The summed E-state index contributed by atoms with van der Waals surface area (Å²) in [5.74, 6) is 1.70. The first kappa shape index (κ1) is 29.8. The van der Waals surface area contributed by atoms with Crippen LogP contribution in [0.25, 0.3) is 11.0 Å². The molecule has 4 rings (SSSR count). The van der Waals surface area contributed by atoms with E-state index < -0.39 is 10.0 Å². The summed E-state index contributed by atoms with van der Waals surface area (Å²) >= 11 is 0. The molecule has 40 heavy (non-hydrogen) atoms. The molecule has 2 aromatic carbocycles. The zero-order valence-corrected chi connectivity index (χ0v) is 25.2. The first-order valence-electron chi connectivity index (χ1n) is 13.9. The van der Waals surface area contributed by atoms with Gasteiger partial charge in [-0.3, -0.25) is 4.68 Å². The van der Waals surface area contributed by atoms with Crippen LogP contribution in [0.2, 0.25) is 0 Å². The summed E-state index contributed by atoms with van der Waals surface area (Å²) in [6.45, 7) is 13.6. The van der Waals surface area contributed by atoms with Crippen molar-refractivity contribution in [1.29, 1.82) is 0 Å². The molecule has 0 saturated heterocycles. The lowest BCUT2D eigenvalue weighted by Crippen LogP contribution is -2.46. The molecule has 1 N–H and O–H groups in total. The average Bonchev–Trinajstić information content (AvgIpc) is 3.47. The minimum absolute atomic E-state index is 0.236. The highest BCUT2D eigenvalue weighted by Crippen LogP contribution is 2.22. The van der Waals surface area contributed by atoms with Gasteiger partial charge in [-0.2, -0.15) is 5.10 Å². The third-order valence-corrected chi connectivity index (χ3v) is 8.19. The largest absolute Gasteiger partial charge is 0.487 e. The Bertz CT molecular complexity index is 1480. The number of rotatable bonds is 14. The van der Waals surface area contributed by atoms with E-state index in [-0.39, 0.29) is 10.9 Å². The van der Waals surface area contributed by atoms with Gasteiger partial charge in [0.1, 0.15) is 17.9 Å². The number of nitrogens with zero attached hydrogens (tertiary/aromatic N) is 3. The number of ether oxygens (including phenoxy) is 1. The topological polar surface area (TPSA) is 89.6 Å². The summed E-state index contributed by atoms with van der Waals surface area (Å²) < 4.78 is 43.3. The summed E-state index contributed by atoms with van der Waals surface area (Å²) in [4.78, 5) is 2.61. The van der Waals surface area contributed by atoms with Crippen molar-refractivity contribution in [2.75, 3.05) is 19.6 Å². The van der Waals surface area contributed by atoms with Crippen LogP contribution in [0.3, 0.4) is 0 Å². The molecule has 0 aliphatic rings. The highest BCUT2D eigenvalue weighted by atomic mass is 32.2. The van der Waals surface area contributed by atoms with Gasteiger partial charge in [0.15, 0.2) is 0 Å². The summed E-state index contributed by atoms with van der Waals surface area (Å²) in [7, 11) is -1.84. The Labute approximate surface area is 238 Å². The second kappa shape index (κ2) is 13.0. The Balaban J connectivity index is 1.51. The van der Waals surface area contributed by atoms with E-state index in [4.69, 9.17) is 9.15 Å². The summed E-state index contributed by atoms with van der Waals surface area (Å²) in [6, 6.07) is 16.3. The Morgan fingerprint density at radius 2 is 1.68 bits per heavy atom. The van der Waals surface area contributed by atoms with Crippen molar-refractivity contribution in [2.45, 2.75) is 58.6 Å². The van der Waals surface area contributed by atoms with Gasteiger partial charge < -0.3 is 14.1 Å². The van der Waals surface area contributed by atoms with Crippen molar-refractivity contribution in [3.05, 3.63) is 77.8 Å². The molecule has 0 saturated carbocycles. The van der Waals surface area contributed by atoms with Crippen molar-refractivity contribution < 1.29 is 17.6 Å². The van der Waals surface area contributed by atoms with E-state index >= 15 is 0 Å². The second-order valence-corrected chi connectivity index (χ2v) is 13.2. The molecule has 0 aliphatic carbocycles. The first-order valence-corrected chi connectivity index (χ1v) is 15.4. The van der Waals surface area contributed by atoms with Gasteiger partial charge in [-0.1, -0.05) is 39.8 Å². The van der Waals surface area contributed by atoms with E-state index in [9.17, 15) is 8.42 Å². The Hall–Kier alpha value is -3.14. The van der Waals surface area contributed by atoms with Crippen molar-refractivity contribution in [2.24, 2.45) is 18.9 Å². The SMILES string of the molecule is Cc1cc(COc2ccc(C[C@@H](CN(CC(C)C)CC(C)C)NS(=O)(=O)c3ccc4occc4c3)cc2)n(C)n1. The molecule has 0 fully saturated rings. The van der Waals surface area contributed by atoms with E-state index in [2.05, 4.69) is 42.4 Å². The number of aryl methyl sites for hydroxylation is 2. The minimum Gasteiger partial charge on any atom is -0.487 e. The van der Waals surface area contributed by atoms with Crippen LogP contribution in [0.5, 0.6) is 5.75 Å². The maximum Gasteiger partial charge on any atom is 0.240 e. The molecule has 2 aromatic heterocycles. The van der Waals surface area contributed by atoms with Crippen LogP contribution in [0.4, 0.5) is 0 Å². The molecular formula is C31H42N4O4S. The van der Waals surface area contributed by atoms with Crippen molar-refractivity contribution in [1.82, 2.24) is 19.4 Å². The number of hydrogen-bond acceptors (Lipinski definition) is 6. The smallest absolute Gasteiger partial charge is 0.240 e. The van der Waals surface area contributed by atoms with Gasteiger partial charge in [-0.15, -0.1) is 0 Å². The second-order valence-electron chi connectivity index (χ2n) is 11.5. The Kier molecular flexibility index (Phi) is 9.71. The Morgan fingerprint density at radius 1 is 0.975 bits per heavy atom. The maximum atomic E-state index is 13.5. The standard InChI is InChI=1S/C31H42N4O4S/c1-22(2)18-35(19-23(3)4)20-27(33-40(36,37)30-11-12-31-26(17-30)13-14-38-31)16-25-7-9-29(10-8-25)39-21-28-15-24(5)32-34(28)6/h7-15,17,22-23,27,33H,16,18-21H2,1-6H3/t27-/m0/s1. The number of furan rings is 1. The third-order valence-electron chi connectivity index (χ3n) is 6.67. The lowest BCUT2D eigenvalue weighted by molar-refractivity contribution is 0.203. The van der Waals surface area contributed by atoms with Crippen LogP contribution >= 0.6 is 0 Å². The quantitative estimate of drug-likeness (QED) is 0.215. The molecule has 1 atom stereocenters. The molecule has 0 radical (unpaired) electrons. The van der Waals surface area contributed by atoms with Gasteiger partial charge in [0.2, 0.25) is 10.0 Å². The number of benzene rings is 2. The number of fused-ring (bicyclic) bond motifs is 1. The molecule has 0 spiro atoms. The van der Waals surface area contributed by atoms with Crippen LogP contribution < -0.4 is 9.46 Å². The van der Waals surface area contributed by atoms with Gasteiger partial charge in [-0.25, -0.2) is 13.1 Å². The van der Waals surface area contributed by atoms with Crippen LogP contribution in [-0.4, -0.2) is 48.8 Å². The third kappa shape index (κ3) is 8.19. The van der Waals surface area contributed by atoms with E-state index in [0.29, 0.717) is 37.0 Å². The van der Waals surface area contributed by atoms with Crippen LogP contribution in [0.15, 0.2) is 70.2 Å². The van der Waals surface area contributed by atoms with Gasteiger partial charge >= 0.3 is 0 Å². The lowest BCUT2D eigenvalue weighted by atomic mass is 10.0. The van der Waals surface area contributed by atoms with Crippen molar-refractivity contribution in [3.8, 4) is 5.75 Å². The predicted octanol–water partition coefficient (Wildman–Crippen LogP) is 5.56. The molecule has 4 aromatic rings. The zero-order valence-electron chi connectivity index (χ0n) is 24.4. The molecule has 9 heteroatoms. The minimum atomic E-state index is -3.75. The molecule has 8 nitrogen and oxygen atoms in total. The fraction of sp³-hybridized carbons (Fsp3) is 0.452. The number of sulfonamides is 1. The normalized spacial score (nSPS) is 13.1. The lowest BCUT2D eigenvalue weighted by Gasteiger charge is -2.30. The van der Waals surface area contributed by atoms with Crippen molar-refractivity contribution in [3.63, 3.8) is 0 Å². The average molecular weight is 567 g/mol. The first-order chi connectivity index (χ1) is 19.0. The number of nitrogens with one attached hydrogen (secondary N) is 1. The summed E-state index contributed by atoms with van der Waals surface area (Å²) in [6.07, 6.45) is 2.12. The van der Waals surface area contributed by atoms with E-state index in [1.54, 1.807) is 30.5 Å². The van der Waals surface area contributed by atoms with Crippen LogP contribution in [-0.2, 0) is 30.1 Å². The molecule has 0 aliphatic heterocycles. The van der Waals surface area contributed by atoms with Gasteiger partial charge in [0, 0.05) is 38.1 Å². The molecule has 0 bridgehead atoms. The van der Waals surface area contributed by atoms with E-state index in [0.717, 1.165) is 41.2 Å². The zero-order chi connectivity index (χ0) is 28.9. The van der Waals surface area contributed by atoms with Crippen molar-refractivity contribution >= 4 is 21.0 Å². The highest BCUT2D eigenvalue weighted by Gasteiger charge is 2.24. The summed E-state index contributed by atoms with van der Waals surface area (Å²) in [5, 5.41) is 5.13. The van der Waals surface area contributed by atoms with Crippen LogP contribution in [0.1, 0.15) is 44.6 Å². The molecule has 0 amide bonds. The Morgan fingerprint density at radius 3 is 2.30 bits per heavy atom. The molecular weight excluding hydrogens is 524 g/mol. The highest BCUT2D eigenvalue weighted by molar-refractivity contribution is 7.89. The monoisotopic (exact) mass is 566 g/mol. The van der Waals surface area contributed by atoms with E-state index in [1.165, 1.54) is 0 Å². The predicted molar refractivity (Wildman–Crippen MR) is 159 cm³/mol. The number of hydrogen-bond donors (Lipinski definition) is 1. The van der Waals surface area contributed by atoms with Gasteiger partial charge in [-0.05, 0) is 73.2 Å². The molecule has 2 heterocycles.